The third-order valence-electron chi connectivity index (χ3n) is 2.80. The molecule has 19 heavy (non-hydrogen) atoms. The molecule has 2 aromatic heterocycles. The third kappa shape index (κ3) is 4.29. The number of thiophene rings is 2. The number of halogens is 1. The molecule has 2 atom stereocenters. The Morgan fingerprint density at radius 3 is 2.58 bits per heavy atom. The van der Waals surface area contributed by atoms with E-state index in [4.69, 9.17) is 11.6 Å². The molecule has 1 N–H and O–H groups in total. The van der Waals surface area contributed by atoms with E-state index in [0.717, 1.165) is 10.9 Å². The lowest BCUT2D eigenvalue weighted by Crippen LogP contribution is -2.38. The Balaban J connectivity index is 2.16. The van der Waals surface area contributed by atoms with Crippen LogP contribution in [0.5, 0.6) is 0 Å². The predicted molar refractivity (Wildman–Crippen MR) is 86.6 cm³/mol. The Bertz CT molecular complexity index is 493. The van der Waals surface area contributed by atoms with E-state index < -0.39 is 0 Å². The highest BCUT2D eigenvalue weighted by Crippen LogP contribution is 2.33. The van der Waals surface area contributed by atoms with E-state index in [-0.39, 0.29) is 6.04 Å². The summed E-state index contributed by atoms with van der Waals surface area (Å²) in [6.45, 7) is 3.23. The molecule has 0 radical (unpaired) electrons. The molecule has 0 fully saturated rings. The van der Waals surface area contributed by atoms with Gasteiger partial charge in [0.25, 0.3) is 0 Å². The molecule has 5 heteroatoms. The SMILES string of the molecule is CC(CN(C)C)NC(c1cccs1)c1ccc(Cl)s1. The van der Waals surface area contributed by atoms with Crippen LogP contribution in [0.3, 0.4) is 0 Å². The van der Waals surface area contributed by atoms with Gasteiger partial charge in [0.1, 0.15) is 0 Å². The maximum atomic E-state index is 6.07. The quantitative estimate of drug-likeness (QED) is 0.864. The summed E-state index contributed by atoms with van der Waals surface area (Å²) >= 11 is 9.51. The van der Waals surface area contributed by atoms with Crippen molar-refractivity contribution >= 4 is 34.3 Å². The lowest BCUT2D eigenvalue weighted by Gasteiger charge is -2.24. The molecule has 0 aliphatic heterocycles. The number of hydrogen-bond donors (Lipinski definition) is 1. The first-order chi connectivity index (χ1) is 9.06. The minimum absolute atomic E-state index is 0.243. The maximum Gasteiger partial charge on any atom is 0.0931 e. The second-order valence-electron chi connectivity index (χ2n) is 4.92. The largest absolute Gasteiger partial charge is 0.308 e. The lowest BCUT2D eigenvalue weighted by molar-refractivity contribution is 0.341. The summed E-state index contributed by atoms with van der Waals surface area (Å²) in [5.41, 5.74) is 0. The van der Waals surface area contributed by atoms with Gasteiger partial charge in [0.2, 0.25) is 0 Å². The summed E-state index contributed by atoms with van der Waals surface area (Å²) in [5.74, 6) is 0. The molecule has 2 rings (SSSR count). The van der Waals surface area contributed by atoms with Gasteiger partial charge in [-0.25, -0.2) is 0 Å². The first-order valence-electron chi connectivity index (χ1n) is 6.25. The minimum atomic E-state index is 0.243. The number of nitrogens with zero attached hydrogens (tertiary/aromatic N) is 1. The van der Waals surface area contributed by atoms with Crippen LogP contribution in [0.2, 0.25) is 4.34 Å². The van der Waals surface area contributed by atoms with Crippen LogP contribution in [0.15, 0.2) is 29.6 Å². The molecular weight excluding hydrogens is 296 g/mol. The molecule has 0 spiro atoms. The Morgan fingerprint density at radius 2 is 2.05 bits per heavy atom. The molecule has 0 saturated heterocycles. The molecule has 0 aliphatic carbocycles. The van der Waals surface area contributed by atoms with Crippen LogP contribution in [0, 0.1) is 0 Å². The van der Waals surface area contributed by atoms with Gasteiger partial charge in [0.05, 0.1) is 10.4 Å². The zero-order valence-corrected chi connectivity index (χ0v) is 13.8. The Morgan fingerprint density at radius 1 is 1.26 bits per heavy atom. The van der Waals surface area contributed by atoms with E-state index in [1.807, 2.05) is 6.07 Å². The van der Waals surface area contributed by atoms with Gasteiger partial charge in [-0.1, -0.05) is 17.7 Å². The van der Waals surface area contributed by atoms with Crippen molar-refractivity contribution in [3.8, 4) is 0 Å². The van der Waals surface area contributed by atoms with Crippen LogP contribution in [0.1, 0.15) is 22.7 Å². The van der Waals surface area contributed by atoms with Crippen molar-refractivity contribution in [2.75, 3.05) is 20.6 Å². The average molecular weight is 315 g/mol. The minimum Gasteiger partial charge on any atom is -0.308 e. The van der Waals surface area contributed by atoms with Crippen LogP contribution in [-0.4, -0.2) is 31.6 Å². The molecular formula is C14H19ClN2S2. The van der Waals surface area contributed by atoms with Gasteiger partial charge in [0, 0.05) is 22.3 Å². The van der Waals surface area contributed by atoms with E-state index >= 15 is 0 Å². The first-order valence-corrected chi connectivity index (χ1v) is 8.33. The molecule has 0 bridgehead atoms. The number of nitrogens with one attached hydrogen (secondary N) is 1. The maximum absolute atomic E-state index is 6.07. The lowest BCUT2D eigenvalue weighted by atomic mass is 10.1. The van der Waals surface area contributed by atoms with E-state index in [0.29, 0.717) is 6.04 Å². The summed E-state index contributed by atoms with van der Waals surface area (Å²) < 4.78 is 0.846. The standard InChI is InChI=1S/C14H19ClN2S2/c1-10(9-17(2)3)16-14(11-5-4-8-18-11)12-6-7-13(15)19-12/h4-8,10,14,16H,9H2,1-3H3. The van der Waals surface area contributed by atoms with Crippen LogP contribution in [-0.2, 0) is 0 Å². The fourth-order valence-corrected chi connectivity index (χ4v) is 4.15. The Kier molecular flexibility index (Phi) is 5.42. The van der Waals surface area contributed by atoms with Crippen molar-refractivity contribution in [2.24, 2.45) is 0 Å². The molecule has 2 heterocycles. The van der Waals surface area contributed by atoms with Gasteiger partial charge < -0.3 is 10.2 Å². The van der Waals surface area contributed by atoms with Crippen molar-refractivity contribution in [2.45, 2.75) is 19.0 Å². The van der Waals surface area contributed by atoms with Crippen molar-refractivity contribution in [1.29, 1.82) is 0 Å². The van der Waals surface area contributed by atoms with Crippen molar-refractivity contribution in [3.05, 3.63) is 43.7 Å². The van der Waals surface area contributed by atoms with E-state index in [9.17, 15) is 0 Å². The second-order valence-corrected chi connectivity index (χ2v) is 7.65. The van der Waals surface area contributed by atoms with Gasteiger partial charge in [0.15, 0.2) is 0 Å². The summed E-state index contributed by atoms with van der Waals surface area (Å²) in [6.07, 6.45) is 0. The van der Waals surface area contributed by atoms with Crippen LogP contribution < -0.4 is 5.32 Å². The Hall–Kier alpha value is -0.390. The Labute approximate surface area is 128 Å². The van der Waals surface area contributed by atoms with Crippen molar-refractivity contribution in [1.82, 2.24) is 10.2 Å². The number of hydrogen-bond acceptors (Lipinski definition) is 4. The fraction of sp³-hybridized carbons (Fsp3) is 0.429. The van der Waals surface area contributed by atoms with Crippen molar-refractivity contribution < 1.29 is 0 Å². The molecule has 0 aromatic carbocycles. The highest BCUT2D eigenvalue weighted by Gasteiger charge is 2.19. The third-order valence-corrected chi connectivity index (χ3v) is 5.03. The highest BCUT2D eigenvalue weighted by atomic mass is 35.5. The summed E-state index contributed by atoms with van der Waals surface area (Å²) in [7, 11) is 4.20. The first kappa shape index (κ1) is 15.0. The van der Waals surface area contributed by atoms with Crippen LogP contribution in [0.4, 0.5) is 0 Å². The predicted octanol–water partition coefficient (Wildman–Crippen LogP) is 4.09. The van der Waals surface area contributed by atoms with Gasteiger partial charge in [-0.3, -0.25) is 0 Å². The van der Waals surface area contributed by atoms with Gasteiger partial charge in [-0.05, 0) is 44.6 Å². The molecule has 2 nitrogen and oxygen atoms in total. The van der Waals surface area contributed by atoms with Crippen LogP contribution >= 0.6 is 34.3 Å². The monoisotopic (exact) mass is 314 g/mol. The van der Waals surface area contributed by atoms with E-state index in [2.05, 4.69) is 54.8 Å². The number of rotatable bonds is 6. The normalized spacial score (nSPS) is 14.8. The number of likely N-dealkylation sites (N-methyl/N-ethyl adjacent to an activating group) is 1. The van der Waals surface area contributed by atoms with Gasteiger partial charge >= 0.3 is 0 Å². The molecule has 2 aromatic rings. The molecule has 0 aliphatic rings. The molecule has 0 saturated carbocycles. The zero-order valence-electron chi connectivity index (χ0n) is 11.4. The average Bonchev–Trinajstić information content (AvgIpc) is 2.95. The smallest absolute Gasteiger partial charge is 0.0931 e. The second kappa shape index (κ2) is 6.86. The van der Waals surface area contributed by atoms with Gasteiger partial charge in [-0.15, -0.1) is 22.7 Å². The summed E-state index contributed by atoms with van der Waals surface area (Å²) in [5, 5.41) is 5.82. The molecule has 0 amide bonds. The summed E-state index contributed by atoms with van der Waals surface area (Å²) in [4.78, 5) is 4.81. The topological polar surface area (TPSA) is 15.3 Å². The molecule has 2 unspecified atom stereocenters. The van der Waals surface area contributed by atoms with E-state index in [1.54, 1.807) is 22.7 Å². The van der Waals surface area contributed by atoms with E-state index in [1.165, 1.54) is 9.75 Å². The van der Waals surface area contributed by atoms with Gasteiger partial charge in [-0.2, -0.15) is 0 Å². The van der Waals surface area contributed by atoms with Crippen molar-refractivity contribution in [3.63, 3.8) is 0 Å². The molecule has 104 valence electrons. The highest BCUT2D eigenvalue weighted by molar-refractivity contribution is 7.16. The fourth-order valence-electron chi connectivity index (χ4n) is 2.13. The summed E-state index contributed by atoms with van der Waals surface area (Å²) in [6, 6.07) is 9.03. The zero-order chi connectivity index (χ0) is 13.8. The van der Waals surface area contributed by atoms with Crippen LogP contribution in [0.25, 0.3) is 0 Å².